The van der Waals surface area contributed by atoms with Crippen molar-refractivity contribution in [1.82, 2.24) is 0 Å². The number of aliphatic hydroxyl groups excluding tert-OH is 1. The van der Waals surface area contributed by atoms with Gasteiger partial charge in [0.2, 0.25) is 0 Å². The Hall–Kier alpha value is -0.0800. The molecule has 2 nitrogen and oxygen atoms in total. The number of nitrogens with two attached hydrogens (primary N) is 1. The van der Waals surface area contributed by atoms with E-state index < -0.39 is 0 Å². The molecule has 1 saturated carbocycles. The third-order valence-corrected chi connectivity index (χ3v) is 3.42. The summed E-state index contributed by atoms with van der Waals surface area (Å²) in [6.45, 7) is 4.73. The van der Waals surface area contributed by atoms with Gasteiger partial charge in [0.25, 0.3) is 0 Å². The predicted octanol–water partition coefficient (Wildman–Crippen LogP) is 1.52. The summed E-state index contributed by atoms with van der Waals surface area (Å²) in [5, 5.41) is 8.89. The van der Waals surface area contributed by atoms with Crippen LogP contribution < -0.4 is 5.73 Å². The summed E-state index contributed by atoms with van der Waals surface area (Å²) >= 11 is 0. The fourth-order valence-corrected chi connectivity index (χ4v) is 2.30. The fourth-order valence-electron chi connectivity index (χ4n) is 2.30. The molecule has 1 aliphatic rings. The van der Waals surface area contributed by atoms with Crippen LogP contribution in [-0.4, -0.2) is 17.3 Å². The van der Waals surface area contributed by atoms with Crippen molar-refractivity contribution in [3.8, 4) is 0 Å². The highest BCUT2D eigenvalue weighted by molar-refractivity contribution is 4.93. The topological polar surface area (TPSA) is 46.2 Å². The second-order valence-electron chi connectivity index (χ2n) is 4.49. The predicted molar refractivity (Wildman–Crippen MR) is 50.8 cm³/mol. The van der Waals surface area contributed by atoms with Crippen LogP contribution in [0, 0.1) is 11.8 Å². The summed E-state index contributed by atoms with van der Waals surface area (Å²) in [4.78, 5) is 0. The molecule has 3 atom stereocenters. The number of hydrogen-bond donors (Lipinski definition) is 2. The Labute approximate surface area is 75.2 Å². The van der Waals surface area contributed by atoms with Crippen LogP contribution in [0.25, 0.3) is 0 Å². The van der Waals surface area contributed by atoms with Crippen molar-refractivity contribution in [2.45, 2.75) is 45.1 Å². The zero-order valence-electron chi connectivity index (χ0n) is 8.21. The van der Waals surface area contributed by atoms with Gasteiger partial charge < -0.3 is 10.8 Å². The molecule has 0 aliphatic heterocycles. The van der Waals surface area contributed by atoms with Gasteiger partial charge in [0.15, 0.2) is 0 Å². The first-order valence-corrected chi connectivity index (χ1v) is 4.98. The van der Waals surface area contributed by atoms with Gasteiger partial charge in [-0.15, -0.1) is 0 Å². The molecule has 0 spiro atoms. The zero-order chi connectivity index (χ0) is 9.19. The van der Waals surface area contributed by atoms with Gasteiger partial charge in [-0.2, -0.15) is 0 Å². The Morgan fingerprint density at radius 2 is 2.17 bits per heavy atom. The van der Waals surface area contributed by atoms with E-state index in [0.717, 1.165) is 18.8 Å². The van der Waals surface area contributed by atoms with Crippen LogP contribution in [0.4, 0.5) is 0 Å². The number of hydrogen-bond acceptors (Lipinski definition) is 2. The number of aliphatic hydroxyl groups is 1. The van der Waals surface area contributed by atoms with E-state index in [1.54, 1.807) is 0 Å². The summed E-state index contributed by atoms with van der Waals surface area (Å²) in [6, 6.07) is 0. The van der Waals surface area contributed by atoms with Gasteiger partial charge in [-0.3, -0.25) is 0 Å². The van der Waals surface area contributed by atoms with E-state index in [-0.39, 0.29) is 12.1 Å². The lowest BCUT2D eigenvalue weighted by molar-refractivity contribution is 0.126. The molecule has 0 heterocycles. The van der Waals surface area contributed by atoms with Gasteiger partial charge in [0.05, 0.1) is 0 Å². The lowest BCUT2D eigenvalue weighted by atomic mass is 9.69. The average Bonchev–Trinajstić information content (AvgIpc) is 1.99. The Kier molecular flexibility index (Phi) is 3.13. The molecule has 2 heteroatoms. The monoisotopic (exact) mass is 171 g/mol. The third-order valence-electron chi connectivity index (χ3n) is 3.42. The SMILES string of the molecule is CC1CCC(N)(CCO)C(C)C1. The molecule has 0 bridgehead atoms. The minimum Gasteiger partial charge on any atom is -0.396 e. The van der Waals surface area contributed by atoms with Crippen LogP contribution in [0.2, 0.25) is 0 Å². The highest BCUT2D eigenvalue weighted by atomic mass is 16.3. The minimum atomic E-state index is -0.0821. The summed E-state index contributed by atoms with van der Waals surface area (Å²) < 4.78 is 0. The normalized spacial score (nSPS) is 43.0. The first-order chi connectivity index (χ1) is 5.58. The summed E-state index contributed by atoms with van der Waals surface area (Å²) in [5.41, 5.74) is 6.13. The van der Waals surface area contributed by atoms with Gasteiger partial charge >= 0.3 is 0 Å². The molecule has 0 amide bonds. The molecule has 3 N–H and O–H groups in total. The molecular weight excluding hydrogens is 150 g/mol. The van der Waals surface area contributed by atoms with Crippen molar-refractivity contribution in [3.63, 3.8) is 0 Å². The van der Waals surface area contributed by atoms with E-state index in [9.17, 15) is 0 Å². The van der Waals surface area contributed by atoms with Crippen LogP contribution in [0.3, 0.4) is 0 Å². The minimum absolute atomic E-state index is 0.0821. The van der Waals surface area contributed by atoms with Gasteiger partial charge in [0.1, 0.15) is 0 Å². The van der Waals surface area contributed by atoms with E-state index in [4.69, 9.17) is 10.8 Å². The largest absolute Gasteiger partial charge is 0.396 e. The average molecular weight is 171 g/mol. The van der Waals surface area contributed by atoms with E-state index in [2.05, 4.69) is 13.8 Å². The smallest absolute Gasteiger partial charge is 0.0448 e. The lowest BCUT2D eigenvalue weighted by Gasteiger charge is -2.41. The Morgan fingerprint density at radius 1 is 1.50 bits per heavy atom. The van der Waals surface area contributed by atoms with E-state index in [1.807, 2.05) is 0 Å². The van der Waals surface area contributed by atoms with Crippen molar-refractivity contribution in [2.24, 2.45) is 17.6 Å². The van der Waals surface area contributed by atoms with E-state index >= 15 is 0 Å². The molecule has 72 valence electrons. The molecule has 1 fully saturated rings. The lowest BCUT2D eigenvalue weighted by Crippen LogP contribution is -2.50. The van der Waals surface area contributed by atoms with Crippen LogP contribution in [0.5, 0.6) is 0 Å². The van der Waals surface area contributed by atoms with Crippen LogP contribution in [0.15, 0.2) is 0 Å². The zero-order valence-corrected chi connectivity index (χ0v) is 8.21. The standard InChI is InChI=1S/C10H21NO/c1-8-3-4-10(11,5-6-12)9(2)7-8/h8-9,12H,3-7,11H2,1-2H3. The Bertz CT molecular complexity index is 149. The van der Waals surface area contributed by atoms with Crippen molar-refractivity contribution in [1.29, 1.82) is 0 Å². The van der Waals surface area contributed by atoms with E-state index in [0.29, 0.717) is 5.92 Å². The Morgan fingerprint density at radius 3 is 2.67 bits per heavy atom. The van der Waals surface area contributed by atoms with Gasteiger partial charge in [0, 0.05) is 12.1 Å². The van der Waals surface area contributed by atoms with Crippen LogP contribution in [-0.2, 0) is 0 Å². The maximum absolute atomic E-state index is 8.89. The molecule has 1 rings (SSSR count). The maximum Gasteiger partial charge on any atom is 0.0448 e. The van der Waals surface area contributed by atoms with Crippen molar-refractivity contribution < 1.29 is 5.11 Å². The van der Waals surface area contributed by atoms with Crippen LogP contribution >= 0.6 is 0 Å². The maximum atomic E-state index is 8.89. The van der Waals surface area contributed by atoms with Crippen LogP contribution in [0.1, 0.15) is 39.5 Å². The van der Waals surface area contributed by atoms with Gasteiger partial charge in [-0.1, -0.05) is 13.8 Å². The molecular formula is C10H21NO. The second kappa shape index (κ2) is 3.75. The van der Waals surface area contributed by atoms with E-state index in [1.165, 1.54) is 12.8 Å². The molecule has 1 aliphatic carbocycles. The fraction of sp³-hybridized carbons (Fsp3) is 1.00. The molecule has 0 aromatic heterocycles. The third kappa shape index (κ3) is 1.99. The first-order valence-electron chi connectivity index (χ1n) is 4.98. The second-order valence-corrected chi connectivity index (χ2v) is 4.49. The molecule has 12 heavy (non-hydrogen) atoms. The first kappa shape index (κ1) is 10.0. The molecule has 0 saturated heterocycles. The van der Waals surface area contributed by atoms with Crippen molar-refractivity contribution >= 4 is 0 Å². The van der Waals surface area contributed by atoms with Gasteiger partial charge in [-0.05, 0) is 37.5 Å². The quantitative estimate of drug-likeness (QED) is 0.661. The molecule has 0 aromatic carbocycles. The molecule has 3 unspecified atom stereocenters. The van der Waals surface area contributed by atoms with Gasteiger partial charge in [-0.25, -0.2) is 0 Å². The Balaban J connectivity index is 2.53. The highest BCUT2D eigenvalue weighted by Crippen LogP contribution is 2.36. The van der Waals surface area contributed by atoms with Crippen molar-refractivity contribution in [2.75, 3.05) is 6.61 Å². The number of rotatable bonds is 2. The summed E-state index contributed by atoms with van der Waals surface area (Å²) in [7, 11) is 0. The summed E-state index contributed by atoms with van der Waals surface area (Å²) in [5.74, 6) is 1.38. The van der Waals surface area contributed by atoms with Crippen molar-refractivity contribution in [3.05, 3.63) is 0 Å². The molecule has 0 radical (unpaired) electrons. The molecule has 0 aromatic rings. The summed E-state index contributed by atoms with van der Waals surface area (Å²) in [6.07, 6.45) is 4.29. The highest BCUT2D eigenvalue weighted by Gasteiger charge is 2.35.